The molecule has 0 saturated carbocycles. The molecule has 0 spiro atoms. The zero-order valence-corrected chi connectivity index (χ0v) is 14.2. The number of hydrogen-bond donors (Lipinski definition) is 1. The number of anilines is 1. The molecule has 7 heteroatoms. The quantitative estimate of drug-likeness (QED) is 0.663. The number of aromatic hydroxyl groups is 1. The molecule has 2 aromatic carbocycles. The second kappa shape index (κ2) is 6.62. The van der Waals surface area contributed by atoms with Crippen LogP contribution in [0.1, 0.15) is 5.56 Å². The second-order valence-corrected chi connectivity index (χ2v) is 6.58. The van der Waals surface area contributed by atoms with Gasteiger partial charge in [0.05, 0.1) is 17.7 Å². The van der Waals surface area contributed by atoms with Crippen molar-refractivity contribution in [2.45, 2.75) is 0 Å². The standard InChI is InChI=1S/C17H12FNO3S2/c1-22-14-7-6-10(8-13(14)20)9-15-16(21)19(17(23)24-15)12-5-3-2-4-11(12)18/h2-9,20H,1H3/b15-9+. The van der Waals surface area contributed by atoms with E-state index in [0.717, 1.165) is 11.8 Å². The van der Waals surface area contributed by atoms with E-state index in [-0.39, 0.29) is 15.8 Å². The molecule has 122 valence electrons. The fourth-order valence-corrected chi connectivity index (χ4v) is 3.54. The highest BCUT2D eigenvalue weighted by molar-refractivity contribution is 8.27. The third-order valence-corrected chi connectivity index (χ3v) is 4.69. The zero-order valence-electron chi connectivity index (χ0n) is 12.5. The Bertz CT molecular complexity index is 867. The number of phenols is 1. The number of ether oxygens (including phenoxy) is 1. The van der Waals surface area contributed by atoms with Crippen LogP contribution >= 0.6 is 24.0 Å². The molecule has 1 amide bonds. The van der Waals surface area contributed by atoms with E-state index in [9.17, 15) is 14.3 Å². The minimum Gasteiger partial charge on any atom is -0.504 e. The van der Waals surface area contributed by atoms with Crippen LogP contribution in [0.3, 0.4) is 0 Å². The van der Waals surface area contributed by atoms with Crippen LogP contribution in [-0.4, -0.2) is 22.4 Å². The van der Waals surface area contributed by atoms with Crippen LogP contribution in [0.15, 0.2) is 47.4 Å². The molecule has 0 bridgehead atoms. The Morgan fingerprint density at radius 3 is 2.71 bits per heavy atom. The summed E-state index contributed by atoms with van der Waals surface area (Å²) < 4.78 is 19.2. The Morgan fingerprint density at radius 1 is 1.29 bits per heavy atom. The maximum Gasteiger partial charge on any atom is 0.270 e. The summed E-state index contributed by atoms with van der Waals surface area (Å²) in [5.41, 5.74) is 0.739. The van der Waals surface area contributed by atoms with Crippen molar-refractivity contribution in [1.82, 2.24) is 0 Å². The van der Waals surface area contributed by atoms with Gasteiger partial charge >= 0.3 is 0 Å². The number of nitrogens with zero attached hydrogens (tertiary/aromatic N) is 1. The molecule has 0 unspecified atom stereocenters. The van der Waals surface area contributed by atoms with E-state index in [0.29, 0.717) is 16.2 Å². The molecule has 24 heavy (non-hydrogen) atoms. The van der Waals surface area contributed by atoms with Crippen molar-refractivity contribution in [2.75, 3.05) is 12.0 Å². The minimum atomic E-state index is -0.517. The molecular formula is C17H12FNO3S2. The lowest BCUT2D eigenvalue weighted by molar-refractivity contribution is -0.113. The van der Waals surface area contributed by atoms with Gasteiger partial charge in [-0.15, -0.1) is 0 Å². The predicted molar refractivity (Wildman–Crippen MR) is 96.7 cm³/mol. The SMILES string of the molecule is COc1ccc(/C=C2/SC(=S)N(c3ccccc3F)C2=O)cc1O. The van der Waals surface area contributed by atoms with Crippen molar-refractivity contribution in [3.63, 3.8) is 0 Å². The minimum absolute atomic E-state index is 0.0316. The van der Waals surface area contributed by atoms with Gasteiger partial charge in [0.15, 0.2) is 15.8 Å². The Balaban J connectivity index is 1.94. The summed E-state index contributed by atoms with van der Waals surface area (Å²) in [5, 5.41) is 9.82. The van der Waals surface area contributed by atoms with E-state index < -0.39 is 11.7 Å². The van der Waals surface area contributed by atoms with Crippen molar-refractivity contribution in [1.29, 1.82) is 0 Å². The number of halogens is 1. The molecular weight excluding hydrogens is 349 g/mol. The number of hydrogen-bond acceptors (Lipinski definition) is 5. The number of amides is 1. The molecule has 2 aromatic rings. The van der Waals surface area contributed by atoms with E-state index in [2.05, 4.69) is 0 Å². The van der Waals surface area contributed by atoms with E-state index in [1.807, 2.05) is 0 Å². The van der Waals surface area contributed by atoms with Gasteiger partial charge in [-0.05, 0) is 35.9 Å². The number of phenolic OH excluding ortho intramolecular Hbond substituents is 1. The number of rotatable bonds is 3. The summed E-state index contributed by atoms with van der Waals surface area (Å²) in [6.07, 6.45) is 1.60. The molecule has 0 radical (unpaired) electrons. The predicted octanol–water partition coefficient (Wildman–Crippen LogP) is 3.95. The normalized spacial score (nSPS) is 16.1. The lowest BCUT2D eigenvalue weighted by Gasteiger charge is -2.14. The Morgan fingerprint density at radius 2 is 2.04 bits per heavy atom. The van der Waals surface area contributed by atoms with Gasteiger partial charge in [0.1, 0.15) is 5.82 Å². The van der Waals surface area contributed by atoms with E-state index in [1.165, 1.54) is 30.2 Å². The van der Waals surface area contributed by atoms with Gasteiger partial charge in [0, 0.05) is 0 Å². The summed E-state index contributed by atoms with van der Waals surface area (Å²) in [6.45, 7) is 0. The highest BCUT2D eigenvalue weighted by Gasteiger charge is 2.34. The van der Waals surface area contributed by atoms with E-state index >= 15 is 0 Å². The van der Waals surface area contributed by atoms with Crippen molar-refractivity contribution in [2.24, 2.45) is 0 Å². The van der Waals surface area contributed by atoms with Crippen LogP contribution in [0.4, 0.5) is 10.1 Å². The van der Waals surface area contributed by atoms with Crippen LogP contribution in [0.5, 0.6) is 11.5 Å². The van der Waals surface area contributed by atoms with Crippen molar-refractivity contribution >= 4 is 46.0 Å². The van der Waals surface area contributed by atoms with Gasteiger partial charge in [-0.2, -0.15) is 0 Å². The highest BCUT2D eigenvalue weighted by atomic mass is 32.2. The molecule has 1 aliphatic heterocycles. The first kappa shape index (κ1) is 16.5. The van der Waals surface area contributed by atoms with E-state index in [1.54, 1.807) is 30.3 Å². The first-order valence-electron chi connectivity index (χ1n) is 6.91. The maximum atomic E-state index is 13.9. The van der Waals surface area contributed by atoms with Gasteiger partial charge in [-0.25, -0.2) is 4.39 Å². The molecule has 4 nitrogen and oxygen atoms in total. The molecule has 0 atom stereocenters. The topological polar surface area (TPSA) is 49.8 Å². The first-order chi connectivity index (χ1) is 11.5. The number of carbonyl (C=O) groups excluding carboxylic acids is 1. The second-order valence-electron chi connectivity index (χ2n) is 4.90. The molecule has 0 aromatic heterocycles. The van der Waals surface area contributed by atoms with E-state index in [4.69, 9.17) is 17.0 Å². The number of thiocarbonyl (C=S) groups is 1. The van der Waals surface area contributed by atoms with Crippen molar-refractivity contribution in [3.8, 4) is 11.5 Å². The number of methoxy groups -OCH3 is 1. The third kappa shape index (κ3) is 3.00. The fourth-order valence-electron chi connectivity index (χ4n) is 2.26. The smallest absolute Gasteiger partial charge is 0.270 e. The highest BCUT2D eigenvalue weighted by Crippen LogP contribution is 2.37. The Kier molecular flexibility index (Phi) is 4.55. The lowest BCUT2D eigenvalue weighted by Crippen LogP contribution is -2.28. The Hall–Kier alpha value is -2.38. The third-order valence-electron chi connectivity index (χ3n) is 3.39. The Labute approximate surface area is 147 Å². The molecule has 1 heterocycles. The molecule has 1 fully saturated rings. The average Bonchev–Trinajstić information content (AvgIpc) is 2.82. The molecule has 0 aliphatic carbocycles. The number of thioether (sulfide) groups is 1. The number of carbonyl (C=O) groups is 1. The average molecular weight is 361 g/mol. The first-order valence-corrected chi connectivity index (χ1v) is 8.13. The van der Waals surface area contributed by atoms with Crippen molar-refractivity contribution < 1.29 is 19.0 Å². The fraction of sp³-hybridized carbons (Fsp3) is 0.0588. The van der Waals surface area contributed by atoms with Crippen LogP contribution in [0.25, 0.3) is 6.08 Å². The molecule has 1 N–H and O–H groups in total. The molecule has 1 aliphatic rings. The summed E-state index contributed by atoms with van der Waals surface area (Å²) in [6, 6.07) is 10.7. The molecule has 3 rings (SSSR count). The van der Waals surface area contributed by atoms with Gasteiger partial charge in [0.2, 0.25) is 0 Å². The summed E-state index contributed by atoms with van der Waals surface area (Å²) in [5.74, 6) is -0.607. The zero-order chi connectivity index (χ0) is 17.3. The lowest BCUT2D eigenvalue weighted by atomic mass is 10.2. The van der Waals surface area contributed by atoms with Gasteiger partial charge in [0.25, 0.3) is 5.91 Å². The monoisotopic (exact) mass is 361 g/mol. The van der Waals surface area contributed by atoms with Gasteiger partial charge in [-0.1, -0.05) is 42.2 Å². The van der Waals surface area contributed by atoms with Gasteiger partial charge < -0.3 is 9.84 Å². The van der Waals surface area contributed by atoms with Crippen LogP contribution in [0.2, 0.25) is 0 Å². The van der Waals surface area contributed by atoms with Crippen LogP contribution < -0.4 is 9.64 Å². The summed E-state index contributed by atoms with van der Waals surface area (Å²) >= 11 is 6.29. The van der Waals surface area contributed by atoms with Gasteiger partial charge in [-0.3, -0.25) is 9.69 Å². The summed E-state index contributed by atoms with van der Waals surface area (Å²) in [4.78, 5) is 14.1. The largest absolute Gasteiger partial charge is 0.504 e. The number of para-hydroxylation sites is 1. The van der Waals surface area contributed by atoms with Crippen molar-refractivity contribution in [3.05, 3.63) is 58.8 Å². The summed E-state index contributed by atoms with van der Waals surface area (Å²) in [7, 11) is 1.45. The number of benzene rings is 2. The van der Waals surface area contributed by atoms with Crippen LogP contribution in [-0.2, 0) is 4.79 Å². The van der Waals surface area contributed by atoms with Crippen LogP contribution in [0, 0.1) is 5.82 Å². The molecule has 1 saturated heterocycles. The maximum absolute atomic E-state index is 13.9.